The zero-order chi connectivity index (χ0) is 22.0. The first-order chi connectivity index (χ1) is 14.2. The SMILES string of the molecule is COC(=O)c1c(-c2ccccc2Cl)csc1NC(=O)Cn1nc(C)c([N+](=O)[O-])c1C. The molecule has 1 aromatic carbocycles. The number of aromatic nitrogens is 2. The molecular formula is C19H17ClN4O5S. The van der Waals surface area contributed by atoms with Gasteiger partial charge in [-0.3, -0.25) is 19.6 Å². The van der Waals surface area contributed by atoms with Crippen LogP contribution >= 0.6 is 22.9 Å². The van der Waals surface area contributed by atoms with Crippen molar-refractivity contribution in [2.24, 2.45) is 0 Å². The molecule has 0 atom stereocenters. The lowest BCUT2D eigenvalue weighted by Gasteiger charge is -2.09. The Balaban J connectivity index is 1.91. The van der Waals surface area contributed by atoms with Crippen LogP contribution in [0.15, 0.2) is 29.6 Å². The highest BCUT2D eigenvalue weighted by Gasteiger charge is 2.25. The molecule has 11 heteroatoms. The number of amides is 1. The van der Waals surface area contributed by atoms with Gasteiger partial charge in [0.25, 0.3) is 0 Å². The van der Waals surface area contributed by atoms with Gasteiger partial charge >= 0.3 is 11.7 Å². The third-order valence-electron chi connectivity index (χ3n) is 4.42. The normalized spacial score (nSPS) is 10.7. The summed E-state index contributed by atoms with van der Waals surface area (Å²) in [5.41, 5.74) is 1.71. The Hall–Kier alpha value is -3.24. The number of nitrogens with one attached hydrogen (secondary N) is 1. The molecule has 3 rings (SSSR count). The van der Waals surface area contributed by atoms with Crippen molar-refractivity contribution in [2.75, 3.05) is 12.4 Å². The second kappa shape index (κ2) is 8.64. The zero-order valence-corrected chi connectivity index (χ0v) is 17.8. The van der Waals surface area contributed by atoms with Crippen LogP contribution in [0.4, 0.5) is 10.7 Å². The first kappa shape index (κ1) is 21.5. The van der Waals surface area contributed by atoms with E-state index in [9.17, 15) is 19.7 Å². The first-order valence-electron chi connectivity index (χ1n) is 8.67. The molecule has 0 saturated heterocycles. The van der Waals surface area contributed by atoms with Gasteiger partial charge in [-0.25, -0.2) is 4.79 Å². The minimum absolute atomic E-state index is 0.129. The van der Waals surface area contributed by atoms with Crippen LogP contribution in [-0.2, 0) is 16.1 Å². The molecule has 0 aliphatic carbocycles. The fourth-order valence-corrected chi connectivity index (χ4v) is 4.24. The largest absolute Gasteiger partial charge is 0.465 e. The predicted molar refractivity (Wildman–Crippen MR) is 113 cm³/mol. The van der Waals surface area contributed by atoms with Crippen LogP contribution in [0.1, 0.15) is 21.7 Å². The van der Waals surface area contributed by atoms with E-state index in [1.54, 1.807) is 29.6 Å². The maximum atomic E-state index is 12.6. The van der Waals surface area contributed by atoms with E-state index in [1.807, 2.05) is 0 Å². The highest BCUT2D eigenvalue weighted by molar-refractivity contribution is 7.15. The van der Waals surface area contributed by atoms with E-state index < -0.39 is 16.8 Å². The second-order valence-electron chi connectivity index (χ2n) is 6.31. The highest BCUT2D eigenvalue weighted by atomic mass is 35.5. The molecular weight excluding hydrogens is 432 g/mol. The minimum atomic E-state index is -0.622. The number of carbonyl (C=O) groups excluding carboxylic acids is 2. The van der Waals surface area contributed by atoms with Crippen molar-refractivity contribution in [1.82, 2.24) is 9.78 Å². The summed E-state index contributed by atoms with van der Waals surface area (Å²) in [6.45, 7) is 2.77. The molecule has 1 N–H and O–H groups in total. The fraction of sp³-hybridized carbons (Fsp3) is 0.211. The Morgan fingerprint density at radius 1 is 1.30 bits per heavy atom. The van der Waals surface area contributed by atoms with Crippen LogP contribution in [0.25, 0.3) is 11.1 Å². The van der Waals surface area contributed by atoms with Gasteiger partial charge in [-0.05, 0) is 19.9 Å². The highest BCUT2D eigenvalue weighted by Crippen LogP contribution is 2.39. The molecule has 0 fully saturated rings. The van der Waals surface area contributed by atoms with E-state index in [2.05, 4.69) is 10.4 Å². The number of hydrogen-bond acceptors (Lipinski definition) is 7. The van der Waals surface area contributed by atoms with Gasteiger partial charge in [0, 0.05) is 21.5 Å². The second-order valence-corrected chi connectivity index (χ2v) is 7.59. The molecule has 0 radical (unpaired) electrons. The molecule has 2 heterocycles. The van der Waals surface area contributed by atoms with E-state index in [1.165, 1.54) is 25.6 Å². The molecule has 0 saturated carbocycles. The van der Waals surface area contributed by atoms with E-state index in [0.717, 1.165) is 11.3 Å². The number of aryl methyl sites for hydroxylation is 1. The Morgan fingerprint density at radius 2 is 2.00 bits per heavy atom. The molecule has 0 aliphatic rings. The number of rotatable bonds is 6. The number of esters is 1. The first-order valence-corrected chi connectivity index (χ1v) is 9.93. The number of halogens is 1. The molecule has 9 nitrogen and oxygen atoms in total. The van der Waals surface area contributed by atoms with Crippen molar-refractivity contribution >= 4 is 45.5 Å². The van der Waals surface area contributed by atoms with Gasteiger partial charge in [-0.1, -0.05) is 29.8 Å². The number of methoxy groups -OCH3 is 1. The number of ether oxygens (including phenoxy) is 1. The summed E-state index contributed by atoms with van der Waals surface area (Å²) in [7, 11) is 1.25. The Kier molecular flexibility index (Phi) is 6.18. The monoisotopic (exact) mass is 448 g/mol. The summed E-state index contributed by atoms with van der Waals surface area (Å²) in [6.07, 6.45) is 0. The van der Waals surface area contributed by atoms with Gasteiger partial charge in [0.2, 0.25) is 5.91 Å². The van der Waals surface area contributed by atoms with Crippen LogP contribution < -0.4 is 5.32 Å². The van der Waals surface area contributed by atoms with Crippen LogP contribution in [0.2, 0.25) is 5.02 Å². The zero-order valence-electron chi connectivity index (χ0n) is 16.3. The minimum Gasteiger partial charge on any atom is -0.465 e. The molecule has 0 spiro atoms. The van der Waals surface area contributed by atoms with E-state index in [0.29, 0.717) is 16.1 Å². The predicted octanol–water partition coefficient (Wildman–Crippen LogP) is 4.22. The van der Waals surface area contributed by atoms with Crippen LogP contribution in [-0.4, -0.2) is 33.7 Å². The van der Waals surface area contributed by atoms with E-state index in [-0.39, 0.29) is 34.2 Å². The summed E-state index contributed by atoms with van der Waals surface area (Å²) in [6, 6.07) is 7.02. The third kappa shape index (κ3) is 4.05. The Labute approximate surface area is 180 Å². The van der Waals surface area contributed by atoms with Gasteiger partial charge in [0.05, 0.1) is 12.0 Å². The van der Waals surface area contributed by atoms with Crippen molar-refractivity contribution in [3.63, 3.8) is 0 Å². The van der Waals surface area contributed by atoms with Crippen molar-refractivity contribution in [3.05, 3.63) is 61.7 Å². The summed E-state index contributed by atoms with van der Waals surface area (Å²) < 4.78 is 6.14. The van der Waals surface area contributed by atoms with Crippen LogP contribution in [0.3, 0.4) is 0 Å². The summed E-state index contributed by atoms with van der Waals surface area (Å²) >= 11 is 7.41. The average molecular weight is 449 g/mol. The standard InChI is InChI=1S/C19H17ClN4O5S/c1-10-17(24(27)28)11(2)23(22-10)8-15(25)21-18-16(19(26)29-3)13(9-30-18)12-6-4-5-7-14(12)20/h4-7,9H,8H2,1-3H3,(H,21,25). The lowest BCUT2D eigenvalue weighted by Crippen LogP contribution is -2.21. The van der Waals surface area contributed by atoms with Crippen molar-refractivity contribution in [3.8, 4) is 11.1 Å². The molecule has 0 aliphatic heterocycles. The van der Waals surface area contributed by atoms with Gasteiger partial charge in [-0.2, -0.15) is 5.10 Å². The van der Waals surface area contributed by atoms with Gasteiger partial charge < -0.3 is 10.1 Å². The number of nitrogens with zero attached hydrogens (tertiary/aromatic N) is 3. The summed E-state index contributed by atoms with van der Waals surface area (Å²) in [5.74, 6) is -1.11. The topological polar surface area (TPSA) is 116 Å². The number of hydrogen-bond donors (Lipinski definition) is 1. The van der Waals surface area contributed by atoms with Crippen molar-refractivity contribution in [1.29, 1.82) is 0 Å². The van der Waals surface area contributed by atoms with E-state index >= 15 is 0 Å². The molecule has 156 valence electrons. The average Bonchev–Trinajstić information content (AvgIpc) is 3.21. The Bertz CT molecular complexity index is 1150. The molecule has 1 amide bonds. The molecule has 2 aromatic heterocycles. The smallest absolute Gasteiger partial charge is 0.341 e. The number of nitro groups is 1. The number of thiophene rings is 1. The van der Waals surface area contributed by atoms with E-state index in [4.69, 9.17) is 16.3 Å². The number of carbonyl (C=O) groups is 2. The Morgan fingerprint density at radius 3 is 2.60 bits per heavy atom. The maximum absolute atomic E-state index is 12.6. The van der Waals surface area contributed by atoms with Gasteiger partial charge in [0.15, 0.2) is 0 Å². The number of benzene rings is 1. The summed E-state index contributed by atoms with van der Waals surface area (Å²) in [5, 5.41) is 20.3. The van der Waals surface area contributed by atoms with Crippen LogP contribution in [0, 0.1) is 24.0 Å². The molecule has 30 heavy (non-hydrogen) atoms. The van der Waals surface area contributed by atoms with Crippen LogP contribution in [0.5, 0.6) is 0 Å². The molecule has 3 aromatic rings. The quantitative estimate of drug-likeness (QED) is 0.343. The summed E-state index contributed by atoms with van der Waals surface area (Å²) in [4.78, 5) is 35.6. The number of anilines is 1. The van der Waals surface area contributed by atoms with Crippen molar-refractivity contribution in [2.45, 2.75) is 20.4 Å². The van der Waals surface area contributed by atoms with Gasteiger partial charge in [0.1, 0.15) is 28.5 Å². The van der Waals surface area contributed by atoms with Crippen molar-refractivity contribution < 1.29 is 19.2 Å². The maximum Gasteiger partial charge on any atom is 0.341 e. The molecule has 0 bridgehead atoms. The van der Waals surface area contributed by atoms with Gasteiger partial charge in [-0.15, -0.1) is 11.3 Å². The fourth-order valence-electron chi connectivity index (χ4n) is 3.04. The lowest BCUT2D eigenvalue weighted by molar-refractivity contribution is -0.386. The molecule has 0 unspecified atom stereocenters. The third-order valence-corrected chi connectivity index (χ3v) is 5.64. The lowest BCUT2D eigenvalue weighted by atomic mass is 10.0.